The van der Waals surface area contributed by atoms with Crippen LogP contribution in [0.5, 0.6) is 0 Å². The van der Waals surface area contributed by atoms with Crippen LogP contribution in [0.2, 0.25) is 0 Å². The van der Waals surface area contributed by atoms with Crippen molar-refractivity contribution in [3.8, 4) is 11.4 Å². The van der Waals surface area contributed by atoms with Crippen molar-refractivity contribution in [1.82, 2.24) is 15.0 Å². The average molecular weight is 533 g/mol. The molecule has 2 aliphatic heterocycles. The van der Waals surface area contributed by atoms with E-state index in [1.54, 1.807) is 36.4 Å². The maximum Gasteiger partial charge on any atom is 0.323 e. The molecule has 0 spiro atoms. The zero-order valence-electron chi connectivity index (χ0n) is 22.0. The van der Waals surface area contributed by atoms with Gasteiger partial charge in [0.1, 0.15) is 0 Å². The Bertz CT molecular complexity index is 1280. The standard InChI is InChI=1S/C27H32N8O4/c1-17-15-38-13-11-34(17)25-31-24(32-26(33-25)35-12-14-39-16-18(35)2)20-5-9-22(10-6-20)30-27(37)29-21-7-3-19(4-8-21)23(28)36/h3-10,17-18H,11-16H2,1-2H3,(H2,28,36)(H2,29,30,37). The van der Waals surface area contributed by atoms with Crippen molar-refractivity contribution < 1.29 is 19.1 Å². The van der Waals surface area contributed by atoms with Crippen molar-refractivity contribution in [3.05, 3.63) is 54.1 Å². The van der Waals surface area contributed by atoms with Crippen LogP contribution in [-0.4, -0.2) is 78.5 Å². The first-order valence-electron chi connectivity index (χ1n) is 12.9. The molecule has 4 N–H and O–H groups in total. The van der Waals surface area contributed by atoms with Gasteiger partial charge in [-0.1, -0.05) is 0 Å². The molecule has 39 heavy (non-hydrogen) atoms. The molecule has 12 heteroatoms. The van der Waals surface area contributed by atoms with Gasteiger partial charge in [0.25, 0.3) is 0 Å². The maximum atomic E-state index is 12.5. The van der Waals surface area contributed by atoms with Gasteiger partial charge in [-0.15, -0.1) is 0 Å². The van der Waals surface area contributed by atoms with Crippen LogP contribution in [-0.2, 0) is 9.47 Å². The Morgan fingerprint density at radius 1 is 0.795 bits per heavy atom. The first-order valence-corrected chi connectivity index (χ1v) is 12.9. The van der Waals surface area contributed by atoms with E-state index in [9.17, 15) is 9.59 Å². The number of ether oxygens (including phenoxy) is 2. The predicted molar refractivity (Wildman–Crippen MR) is 148 cm³/mol. The minimum Gasteiger partial charge on any atom is -0.377 e. The quantitative estimate of drug-likeness (QED) is 0.436. The number of carbonyl (C=O) groups is 2. The third-order valence-electron chi connectivity index (χ3n) is 6.69. The highest BCUT2D eigenvalue weighted by molar-refractivity contribution is 6.00. The summed E-state index contributed by atoms with van der Waals surface area (Å²) < 4.78 is 11.2. The molecular formula is C27H32N8O4. The Morgan fingerprint density at radius 3 is 1.74 bits per heavy atom. The second-order valence-corrected chi connectivity index (χ2v) is 9.59. The summed E-state index contributed by atoms with van der Waals surface area (Å²) >= 11 is 0. The largest absolute Gasteiger partial charge is 0.377 e. The lowest BCUT2D eigenvalue weighted by Crippen LogP contribution is -2.46. The smallest absolute Gasteiger partial charge is 0.323 e. The van der Waals surface area contributed by atoms with Crippen LogP contribution in [0, 0.1) is 0 Å². The molecule has 0 radical (unpaired) electrons. The Kier molecular flexibility index (Phi) is 7.84. The molecule has 12 nitrogen and oxygen atoms in total. The number of benzene rings is 2. The summed E-state index contributed by atoms with van der Waals surface area (Å²) in [5.41, 5.74) is 7.56. The van der Waals surface area contributed by atoms with Crippen LogP contribution in [0.4, 0.5) is 28.1 Å². The number of rotatable bonds is 6. The van der Waals surface area contributed by atoms with Crippen molar-refractivity contribution in [2.24, 2.45) is 5.73 Å². The number of carbonyl (C=O) groups excluding carboxylic acids is 2. The highest BCUT2D eigenvalue weighted by atomic mass is 16.5. The van der Waals surface area contributed by atoms with E-state index in [0.29, 0.717) is 74.2 Å². The number of aromatic nitrogens is 3. The summed E-state index contributed by atoms with van der Waals surface area (Å²) in [7, 11) is 0. The van der Waals surface area contributed by atoms with E-state index in [2.05, 4.69) is 34.3 Å². The highest BCUT2D eigenvalue weighted by Gasteiger charge is 2.27. The van der Waals surface area contributed by atoms with Crippen LogP contribution >= 0.6 is 0 Å². The van der Waals surface area contributed by atoms with Gasteiger partial charge in [0.2, 0.25) is 17.8 Å². The number of primary amides is 1. The molecular weight excluding hydrogens is 500 g/mol. The molecule has 2 aliphatic rings. The van der Waals surface area contributed by atoms with Gasteiger partial charge in [0, 0.05) is 35.6 Å². The van der Waals surface area contributed by atoms with Crippen LogP contribution in [0.25, 0.3) is 11.4 Å². The average Bonchev–Trinajstić information content (AvgIpc) is 2.94. The first kappa shape index (κ1) is 26.3. The fraction of sp³-hybridized carbons (Fsp3) is 0.370. The van der Waals surface area contributed by atoms with E-state index in [1.807, 2.05) is 12.1 Å². The summed E-state index contributed by atoms with van der Waals surface area (Å²) in [5, 5.41) is 5.54. The highest BCUT2D eigenvalue weighted by Crippen LogP contribution is 2.26. The van der Waals surface area contributed by atoms with Crippen LogP contribution in [0.15, 0.2) is 48.5 Å². The number of amides is 3. The Balaban J connectivity index is 1.35. The number of hydrogen-bond acceptors (Lipinski definition) is 9. The SMILES string of the molecule is CC1COCCN1c1nc(-c2ccc(NC(=O)Nc3ccc(C(N)=O)cc3)cc2)nc(N2CCOCC2C)n1. The molecule has 2 atom stereocenters. The minimum absolute atomic E-state index is 0.140. The summed E-state index contributed by atoms with van der Waals surface area (Å²) in [6.45, 7) is 8.05. The van der Waals surface area contributed by atoms with Crippen molar-refractivity contribution in [3.63, 3.8) is 0 Å². The third kappa shape index (κ3) is 6.24. The number of morpholine rings is 2. The van der Waals surface area contributed by atoms with Crippen LogP contribution < -0.4 is 26.2 Å². The normalized spacial score (nSPS) is 19.4. The maximum absolute atomic E-state index is 12.5. The summed E-state index contributed by atoms with van der Waals surface area (Å²) in [6.07, 6.45) is 0. The molecule has 3 amide bonds. The van der Waals surface area contributed by atoms with E-state index in [4.69, 9.17) is 30.2 Å². The molecule has 2 aromatic carbocycles. The zero-order valence-corrected chi connectivity index (χ0v) is 22.0. The second-order valence-electron chi connectivity index (χ2n) is 9.59. The van der Waals surface area contributed by atoms with Gasteiger partial charge in [-0.05, 0) is 62.4 Å². The molecule has 2 fully saturated rings. The predicted octanol–water partition coefficient (Wildman–Crippen LogP) is 2.73. The van der Waals surface area contributed by atoms with Crippen molar-refractivity contribution in [2.75, 3.05) is 60.0 Å². The van der Waals surface area contributed by atoms with Crippen LogP contribution in [0.1, 0.15) is 24.2 Å². The summed E-state index contributed by atoms with van der Waals surface area (Å²) in [6, 6.07) is 13.5. The molecule has 1 aromatic heterocycles. The van der Waals surface area contributed by atoms with Gasteiger partial charge in [0.15, 0.2) is 5.82 Å². The van der Waals surface area contributed by atoms with Gasteiger partial charge in [0.05, 0.1) is 38.5 Å². The van der Waals surface area contributed by atoms with Crippen molar-refractivity contribution in [1.29, 1.82) is 0 Å². The molecule has 0 saturated carbocycles. The number of nitrogens with zero attached hydrogens (tertiary/aromatic N) is 5. The van der Waals surface area contributed by atoms with Gasteiger partial charge >= 0.3 is 6.03 Å². The van der Waals surface area contributed by atoms with E-state index in [1.165, 1.54) is 0 Å². The van der Waals surface area contributed by atoms with E-state index in [0.717, 1.165) is 5.56 Å². The molecule has 2 saturated heterocycles. The molecule has 3 heterocycles. The topological polar surface area (TPSA) is 148 Å². The van der Waals surface area contributed by atoms with E-state index < -0.39 is 11.9 Å². The molecule has 0 bridgehead atoms. The Morgan fingerprint density at radius 2 is 1.28 bits per heavy atom. The molecule has 0 aliphatic carbocycles. The fourth-order valence-corrected chi connectivity index (χ4v) is 4.50. The number of nitrogens with one attached hydrogen (secondary N) is 2. The zero-order chi connectivity index (χ0) is 27.4. The lowest BCUT2D eigenvalue weighted by atomic mass is 10.2. The number of urea groups is 1. The molecule has 204 valence electrons. The second kappa shape index (κ2) is 11.6. The number of anilines is 4. The first-order chi connectivity index (χ1) is 18.9. The Labute approximate surface area is 226 Å². The van der Waals surface area contributed by atoms with Gasteiger partial charge in [-0.2, -0.15) is 15.0 Å². The minimum atomic E-state index is -0.526. The number of nitrogens with two attached hydrogens (primary N) is 1. The van der Waals surface area contributed by atoms with Crippen LogP contribution in [0.3, 0.4) is 0 Å². The van der Waals surface area contributed by atoms with Gasteiger partial charge in [-0.25, -0.2) is 4.79 Å². The molecule has 2 unspecified atom stereocenters. The fourth-order valence-electron chi connectivity index (χ4n) is 4.50. The van der Waals surface area contributed by atoms with E-state index >= 15 is 0 Å². The van der Waals surface area contributed by atoms with Gasteiger partial charge in [-0.3, -0.25) is 4.79 Å². The number of hydrogen-bond donors (Lipinski definition) is 3. The third-order valence-corrected chi connectivity index (χ3v) is 6.69. The van der Waals surface area contributed by atoms with Gasteiger partial charge < -0.3 is 35.6 Å². The lowest BCUT2D eigenvalue weighted by molar-refractivity contribution is 0.0969. The van der Waals surface area contributed by atoms with Crippen molar-refractivity contribution in [2.45, 2.75) is 25.9 Å². The summed E-state index contributed by atoms with van der Waals surface area (Å²) in [4.78, 5) is 42.5. The lowest BCUT2D eigenvalue weighted by Gasteiger charge is -2.36. The van der Waals surface area contributed by atoms with E-state index in [-0.39, 0.29) is 12.1 Å². The molecule has 3 aromatic rings. The monoisotopic (exact) mass is 532 g/mol. The molecule has 5 rings (SSSR count). The summed E-state index contributed by atoms with van der Waals surface area (Å²) in [5.74, 6) is 1.27. The van der Waals surface area contributed by atoms with Crippen molar-refractivity contribution >= 4 is 35.2 Å². The Hall–Kier alpha value is -4.29.